The molecule has 2 aliphatic heterocycles. The number of esters is 1. The molecule has 10 nitrogen and oxygen atoms in total. The van der Waals surface area contributed by atoms with Crippen LogP contribution in [0.15, 0.2) is 30.3 Å². The second-order valence-electron chi connectivity index (χ2n) is 12.4. The summed E-state index contributed by atoms with van der Waals surface area (Å²) in [5.41, 5.74) is -0.469. The second kappa shape index (κ2) is 10.9. The lowest BCUT2D eigenvalue weighted by Crippen LogP contribution is -2.55. The van der Waals surface area contributed by atoms with Gasteiger partial charge in [0, 0.05) is 6.42 Å². The van der Waals surface area contributed by atoms with Gasteiger partial charge in [0.25, 0.3) is 5.91 Å². The van der Waals surface area contributed by atoms with Crippen LogP contribution in [0.3, 0.4) is 0 Å². The summed E-state index contributed by atoms with van der Waals surface area (Å²) in [4.78, 5) is 52.5. The number of hydrogen-bond donors (Lipinski definition) is 2. The van der Waals surface area contributed by atoms with Crippen LogP contribution in [-0.4, -0.2) is 69.3 Å². The molecule has 0 spiro atoms. The summed E-state index contributed by atoms with van der Waals surface area (Å²) < 4.78 is 10.9. The molecule has 0 aromatic heterocycles. The van der Waals surface area contributed by atoms with Crippen molar-refractivity contribution in [3.8, 4) is 0 Å². The normalized spacial score (nSPS) is 24.7. The number of rotatable bonds is 6. The predicted molar refractivity (Wildman–Crippen MR) is 142 cm³/mol. The number of benzene rings is 1. The number of alkyl carbamates (subject to hydrolysis) is 1. The van der Waals surface area contributed by atoms with E-state index in [1.54, 1.807) is 41.5 Å². The molecule has 0 unspecified atom stereocenters. The number of hydrazine groups is 1. The Labute approximate surface area is 225 Å². The maximum atomic E-state index is 13.9. The molecule has 10 heteroatoms. The number of fused-ring (bicyclic) bond motifs is 1. The summed E-state index contributed by atoms with van der Waals surface area (Å²) in [5.74, 6) is -1.43. The number of nitrogens with one attached hydrogen (secondary N) is 2. The van der Waals surface area contributed by atoms with Gasteiger partial charge in [0.05, 0.1) is 12.1 Å². The summed E-state index contributed by atoms with van der Waals surface area (Å²) in [5, 5.41) is 8.78. The molecule has 0 saturated carbocycles. The lowest BCUT2D eigenvalue weighted by molar-refractivity contribution is -0.168. The van der Waals surface area contributed by atoms with Crippen LogP contribution in [-0.2, 0) is 23.9 Å². The van der Waals surface area contributed by atoms with Crippen LogP contribution < -0.4 is 10.6 Å². The van der Waals surface area contributed by atoms with Crippen molar-refractivity contribution in [1.29, 1.82) is 0 Å². The van der Waals surface area contributed by atoms with Crippen LogP contribution in [0.1, 0.15) is 80.3 Å². The first kappa shape index (κ1) is 29.4. The van der Waals surface area contributed by atoms with E-state index >= 15 is 0 Å². The largest absolute Gasteiger partial charge is 0.458 e. The van der Waals surface area contributed by atoms with E-state index in [2.05, 4.69) is 10.6 Å². The third kappa shape index (κ3) is 6.64. The summed E-state index contributed by atoms with van der Waals surface area (Å²) in [7, 11) is 0. The van der Waals surface area contributed by atoms with Crippen LogP contribution in [0.4, 0.5) is 4.79 Å². The van der Waals surface area contributed by atoms with Crippen molar-refractivity contribution in [2.24, 2.45) is 5.92 Å². The van der Waals surface area contributed by atoms with Crippen LogP contribution in [0.2, 0.25) is 0 Å². The van der Waals surface area contributed by atoms with Gasteiger partial charge >= 0.3 is 12.1 Å². The van der Waals surface area contributed by atoms with Gasteiger partial charge in [-0.2, -0.15) is 0 Å². The summed E-state index contributed by atoms with van der Waals surface area (Å²) >= 11 is 0. The third-order valence-corrected chi connectivity index (χ3v) is 6.42. The van der Waals surface area contributed by atoms with Gasteiger partial charge < -0.3 is 20.1 Å². The van der Waals surface area contributed by atoms with E-state index in [0.29, 0.717) is 6.42 Å². The fraction of sp³-hybridized carbons (Fsp3) is 0.643. The topological polar surface area (TPSA) is 117 Å². The molecule has 0 aliphatic carbocycles. The molecular formula is C28H42N4O6. The van der Waals surface area contributed by atoms with Crippen molar-refractivity contribution in [3.63, 3.8) is 0 Å². The highest BCUT2D eigenvalue weighted by atomic mass is 16.6. The molecule has 2 fully saturated rings. The van der Waals surface area contributed by atoms with E-state index in [1.807, 2.05) is 49.2 Å². The van der Waals surface area contributed by atoms with Crippen molar-refractivity contribution < 1.29 is 28.7 Å². The molecule has 2 N–H and O–H groups in total. The van der Waals surface area contributed by atoms with Crippen molar-refractivity contribution >= 4 is 23.9 Å². The highest BCUT2D eigenvalue weighted by molar-refractivity contribution is 5.95. The van der Waals surface area contributed by atoms with Crippen LogP contribution in [0.25, 0.3) is 0 Å². The van der Waals surface area contributed by atoms with Crippen molar-refractivity contribution in [2.75, 3.05) is 0 Å². The summed E-state index contributed by atoms with van der Waals surface area (Å²) in [6.07, 6.45) is -0.345. The summed E-state index contributed by atoms with van der Waals surface area (Å²) in [6, 6.07) is 6.34. The molecule has 210 valence electrons. The maximum absolute atomic E-state index is 13.9. The molecule has 0 bridgehead atoms. The lowest BCUT2D eigenvalue weighted by atomic mass is 9.92. The molecular weight excluding hydrogens is 488 g/mol. The zero-order chi connectivity index (χ0) is 28.6. The fourth-order valence-corrected chi connectivity index (χ4v) is 4.99. The van der Waals surface area contributed by atoms with E-state index in [-0.39, 0.29) is 17.9 Å². The van der Waals surface area contributed by atoms with E-state index in [4.69, 9.17) is 9.47 Å². The van der Waals surface area contributed by atoms with Gasteiger partial charge in [0.15, 0.2) is 0 Å². The van der Waals surface area contributed by atoms with E-state index in [1.165, 1.54) is 11.9 Å². The minimum atomic E-state index is -0.942. The fourth-order valence-electron chi connectivity index (χ4n) is 4.99. The Balaban J connectivity index is 1.90. The predicted octanol–water partition coefficient (Wildman–Crippen LogP) is 3.32. The minimum Gasteiger partial charge on any atom is -0.458 e. The molecule has 2 heterocycles. The van der Waals surface area contributed by atoms with E-state index in [0.717, 1.165) is 5.56 Å². The highest BCUT2D eigenvalue weighted by Gasteiger charge is 2.59. The molecule has 3 rings (SSSR count). The van der Waals surface area contributed by atoms with Crippen molar-refractivity contribution in [2.45, 2.75) is 110 Å². The van der Waals surface area contributed by atoms with Crippen LogP contribution in [0.5, 0.6) is 0 Å². The van der Waals surface area contributed by atoms with Gasteiger partial charge in [-0.25, -0.2) is 14.6 Å². The molecule has 1 aromatic rings. The molecule has 1 aromatic carbocycles. The van der Waals surface area contributed by atoms with Crippen LogP contribution >= 0.6 is 0 Å². The molecule has 2 saturated heterocycles. The molecule has 2 aliphatic rings. The minimum absolute atomic E-state index is 0.0491. The molecule has 3 amide bonds. The Kier molecular flexibility index (Phi) is 8.45. The van der Waals surface area contributed by atoms with E-state index < -0.39 is 53.3 Å². The van der Waals surface area contributed by atoms with Gasteiger partial charge in [-0.05, 0) is 59.9 Å². The second-order valence-corrected chi connectivity index (χ2v) is 12.4. The van der Waals surface area contributed by atoms with Gasteiger partial charge in [-0.1, -0.05) is 44.2 Å². The number of amides is 3. The molecule has 0 radical (unpaired) electrons. The lowest BCUT2D eigenvalue weighted by Gasteiger charge is -2.34. The first-order valence-electron chi connectivity index (χ1n) is 13.2. The van der Waals surface area contributed by atoms with Crippen LogP contribution in [0, 0.1) is 5.92 Å². The van der Waals surface area contributed by atoms with E-state index in [9.17, 15) is 19.2 Å². The number of carbonyl (C=O) groups is 4. The molecule has 5 atom stereocenters. The highest BCUT2D eigenvalue weighted by Crippen LogP contribution is 2.45. The number of hydrogen-bond acceptors (Lipinski definition) is 7. The number of ether oxygens (including phenoxy) is 2. The van der Waals surface area contributed by atoms with Gasteiger partial charge in [-0.15, -0.1) is 0 Å². The Morgan fingerprint density at radius 1 is 0.947 bits per heavy atom. The quantitative estimate of drug-likeness (QED) is 0.542. The zero-order valence-corrected chi connectivity index (χ0v) is 23.9. The SMILES string of the molecule is CC(C)[C@H]1[C@H](NC(=O)[C@H](C)NC(=O)OC(C)(C)C)C(=O)N2[C@H](C(=O)OC(C)(C)C)C[C@@H](c3ccccc3)N12. The zero-order valence-electron chi connectivity index (χ0n) is 23.9. The number of carbonyl (C=O) groups excluding carboxylic acids is 4. The average molecular weight is 531 g/mol. The standard InChI is InChI=1S/C28H42N4O6/c1-16(2)22-21(30-23(33)17(3)29-26(36)38-28(7,8)9)24(34)32-20(25(35)37-27(4,5)6)15-19(31(22)32)18-13-11-10-12-14-18/h10-14,16-17,19-22H,15H2,1-9H3,(H,29,36)(H,30,33)/t17-,19-,20-,21-,22-/m0/s1. The summed E-state index contributed by atoms with van der Waals surface area (Å²) in [6.45, 7) is 16.0. The Morgan fingerprint density at radius 2 is 1.53 bits per heavy atom. The van der Waals surface area contributed by atoms with Crippen molar-refractivity contribution in [3.05, 3.63) is 35.9 Å². The Hall–Kier alpha value is -3.14. The maximum Gasteiger partial charge on any atom is 0.408 e. The Morgan fingerprint density at radius 3 is 2.05 bits per heavy atom. The third-order valence-electron chi connectivity index (χ3n) is 6.42. The smallest absolute Gasteiger partial charge is 0.408 e. The monoisotopic (exact) mass is 530 g/mol. The molecule has 38 heavy (non-hydrogen) atoms. The average Bonchev–Trinajstić information content (AvgIpc) is 3.28. The van der Waals surface area contributed by atoms with Gasteiger partial charge in [0.2, 0.25) is 5.91 Å². The first-order valence-corrected chi connectivity index (χ1v) is 13.2. The van der Waals surface area contributed by atoms with Crippen molar-refractivity contribution in [1.82, 2.24) is 20.7 Å². The van der Waals surface area contributed by atoms with Gasteiger partial charge in [-0.3, -0.25) is 14.6 Å². The van der Waals surface area contributed by atoms with Gasteiger partial charge in [0.1, 0.15) is 29.3 Å². The number of nitrogens with zero attached hydrogens (tertiary/aromatic N) is 2. The Bertz CT molecular complexity index is 1050. The first-order chi connectivity index (χ1) is 17.5.